The molecular weight excluding hydrogens is 555 g/mol. The summed E-state index contributed by atoms with van der Waals surface area (Å²) in [6, 6.07) is 13.6. The molecule has 3 aromatic carbocycles. The lowest BCUT2D eigenvalue weighted by Gasteiger charge is -2.31. The predicted octanol–water partition coefficient (Wildman–Crippen LogP) is 4.88. The predicted molar refractivity (Wildman–Crippen MR) is 149 cm³/mol. The molecular formula is C29H27FN2O8S. The Morgan fingerprint density at radius 1 is 1.05 bits per heavy atom. The first-order chi connectivity index (χ1) is 19.3. The summed E-state index contributed by atoms with van der Waals surface area (Å²) in [4.78, 5) is 25.5. The first kappa shape index (κ1) is 28.0. The van der Waals surface area contributed by atoms with Crippen LogP contribution in [0.25, 0.3) is 22.3 Å². The van der Waals surface area contributed by atoms with E-state index in [9.17, 15) is 22.4 Å². The van der Waals surface area contributed by atoms with Crippen molar-refractivity contribution in [3.05, 3.63) is 77.1 Å². The number of amides is 1. The highest BCUT2D eigenvalue weighted by atomic mass is 32.2. The van der Waals surface area contributed by atoms with E-state index in [0.717, 1.165) is 6.26 Å². The average Bonchev–Trinajstić information content (AvgIpc) is 3.27. The number of carbonyl (C=O) groups is 2. The van der Waals surface area contributed by atoms with Gasteiger partial charge in [-0.05, 0) is 48.0 Å². The van der Waals surface area contributed by atoms with Gasteiger partial charge in [0, 0.05) is 44.2 Å². The number of benzene rings is 3. The molecule has 1 aliphatic rings. The van der Waals surface area contributed by atoms with Crippen molar-refractivity contribution in [3.63, 3.8) is 0 Å². The molecule has 2 heterocycles. The maximum Gasteiger partial charge on any atom is 0.345 e. The fraction of sp³-hybridized carbons (Fsp3) is 0.241. The lowest BCUT2D eigenvalue weighted by atomic mass is 10.0. The number of esters is 1. The molecule has 0 saturated carbocycles. The van der Waals surface area contributed by atoms with Gasteiger partial charge in [-0.2, -0.15) is 0 Å². The van der Waals surface area contributed by atoms with Gasteiger partial charge in [-0.1, -0.05) is 6.07 Å². The van der Waals surface area contributed by atoms with Gasteiger partial charge in [0.25, 0.3) is 5.91 Å². The van der Waals surface area contributed by atoms with Crippen molar-refractivity contribution in [2.24, 2.45) is 0 Å². The van der Waals surface area contributed by atoms with Gasteiger partial charge in [0.15, 0.2) is 9.84 Å². The van der Waals surface area contributed by atoms with E-state index in [0.29, 0.717) is 28.0 Å². The van der Waals surface area contributed by atoms with E-state index < -0.39 is 33.3 Å². The van der Waals surface area contributed by atoms with Gasteiger partial charge in [0.1, 0.15) is 46.7 Å². The molecule has 12 heteroatoms. The fourth-order valence-electron chi connectivity index (χ4n) is 4.38. The number of carbonyl (C=O) groups excluding carboxylic acids is 2. The van der Waals surface area contributed by atoms with Crippen molar-refractivity contribution in [3.8, 4) is 22.8 Å². The van der Waals surface area contributed by atoms with Gasteiger partial charge in [-0.25, -0.2) is 17.6 Å². The van der Waals surface area contributed by atoms with Crippen molar-refractivity contribution in [2.45, 2.75) is 26.2 Å². The Hall–Kier alpha value is -4.58. The first-order valence-corrected chi connectivity index (χ1v) is 14.6. The maximum absolute atomic E-state index is 13.6. The highest BCUT2D eigenvalue weighted by Gasteiger charge is 2.34. The summed E-state index contributed by atoms with van der Waals surface area (Å²) in [5.74, 6) is -2.07. The molecule has 0 aliphatic carbocycles. The largest absolute Gasteiger partial charge is 0.487 e. The molecule has 0 atom stereocenters. The summed E-state index contributed by atoms with van der Waals surface area (Å²) < 4.78 is 60.5. The van der Waals surface area contributed by atoms with Gasteiger partial charge >= 0.3 is 5.97 Å². The standard InChI is InChI=1S/C29H27FN2O8S/c1-29(2)39-22-10-5-16(11-20(22)28(34)40-29)14-37-24-12-19-23(13-21(24)32-15-41(4,35)36)38-26(25(19)27(33)31-3)17-6-8-18(30)9-7-17/h5-13,32H,14-15H2,1-4H3,(H,31,33). The molecule has 214 valence electrons. The normalized spacial score (nSPS) is 14.1. The summed E-state index contributed by atoms with van der Waals surface area (Å²) in [7, 11) is -1.94. The zero-order chi connectivity index (χ0) is 29.5. The highest BCUT2D eigenvalue weighted by molar-refractivity contribution is 7.90. The molecule has 0 saturated heterocycles. The lowest BCUT2D eigenvalue weighted by Crippen LogP contribution is -2.38. The summed E-state index contributed by atoms with van der Waals surface area (Å²) in [5, 5.41) is 5.84. The maximum atomic E-state index is 13.6. The minimum Gasteiger partial charge on any atom is -0.487 e. The Morgan fingerprint density at radius 2 is 1.78 bits per heavy atom. The molecule has 1 amide bonds. The van der Waals surface area contributed by atoms with Crippen molar-refractivity contribution in [2.75, 3.05) is 24.5 Å². The number of ether oxygens (including phenoxy) is 3. The van der Waals surface area contributed by atoms with Crippen LogP contribution in [0.15, 0.2) is 59.0 Å². The topological polar surface area (TPSA) is 133 Å². The Labute approximate surface area is 235 Å². The van der Waals surface area contributed by atoms with Crippen LogP contribution in [-0.2, 0) is 21.2 Å². The molecule has 2 N–H and O–H groups in total. The SMILES string of the molecule is CNC(=O)c1c(-c2ccc(F)cc2)oc2cc(NCS(C)(=O)=O)c(OCc3ccc4c(c3)C(=O)OC(C)(C)O4)cc12. The number of hydrogen-bond acceptors (Lipinski definition) is 9. The minimum absolute atomic E-state index is 0.0129. The van der Waals surface area contributed by atoms with Crippen molar-refractivity contribution in [1.82, 2.24) is 5.32 Å². The van der Waals surface area contributed by atoms with E-state index in [1.807, 2.05) is 0 Å². The van der Waals surface area contributed by atoms with Crippen LogP contribution >= 0.6 is 0 Å². The van der Waals surface area contributed by atoms with Crippen LogP contribution in [0.4, 0.5) is 10.1 Å². The summed E-state index contributed by atoms with van der Waals surface area (Å²) >= 11 is 0. The number of anilines is 1. The summed E-state index contributed by atoms with van der Waals surface area (Å²) in [5.41, 5.74) is 2.11. The van der Waals surface area contributed by atoms with E-state index in [1.165, 1.54) is 37.4 Å². The van der Waals surface area contributed by atoms with Crippen LogP contribution in [0.1, 0.15) is 40.1 Å². The van der Waals surface area contributed by atoms with Gasteiger partial charge in [-0.3, -0.25) is 4.79 Å². The third-order valence-corrected chi connectivity index (χ3v) is 6.90. The van der Waals surface area contributed by atoms with E-state index in [2.05, 4.69) is 10.6 Å². The number of fused-ring (bicyclic) bond motifs is 2. The lowest BCUT2D eigenvalue weighted by molar-refractivity contribution is -0.127. The quantitative estimate of drug-likeness (QED) is 0.279. The van der Waals surface area contributed by atoms with Crippen LogP contribution in [0.5, 0.6) is 11.5 Å². The van der Waals surface area contributed by atoms with Gasteiger partial charge in [0.2, 0.25) is 5.79 Å². The second-order valence-electron chi connectivity index (χ2n) is 9.99. The average molecular weight is 583 g/mol. The van der Waals surface area contributed by atoms with Crippen molar-refractivity contribution < 1.29 is 41.0 Å². The van der Waals surface area contributed by atoms with Crippen LogP contribution in [0.3, 0.4) is 0 Å². The van der Waals surface area contributed by atoms with Gasteiger partial charge < -0.3 is 29.3 Å². The number of furan rings is 1. The van der Waals surface area contributed by atoms with Gasteiger partial charge in [0.05, 0.1) is 11.3 Å². The van der Waals surface area contributed by atoms with Crippen molar-refractivity contribution >= 4 is 38.4 Å². The Kier molecular flexibility index (Phi) is 7.12. The molecule has 41 heavy (non-hydrogen) atoms. The molecule has 5 rings (SSSR count). The zero-order valence-electron chi connectivity index (χ0n) is 22.7. The summed E-state index contributed by atoms with van der Waals surface area (Å²) in [6.07, 6.45) is 1.08. The Morgan fingerprint density at radius 3 is 2.46 bits per heavy atom. The third-order valence-electron chi connectivity index (χ3n) is 6.23. The molecule has 10 nitrogen and oxygen atoms in total. The van der Waals surface area contributed by atoms with Gasteiger partial charge in [-0.15, -0.1) is 0 Å². The van der Waals surface area contributed by atoms with Crippen LogP contribution in [-0.4, -0.2) is 45.3 Å². The number of cyclic esters (lactones) is 1. The van der Waals surface area contributed by atoms with Crippen LogP contribution in [0, 0.1) is 5.82 Å². The Bertz CT molecular complexity index is 1780. The smallest absolute Gasteiger partial charge is 0.345 e. The summed E-state index contributed by atoms with van der Waals surface area (Å²) in [6.45, 7) is 3.26. The zero-order valence-corrected chi connectivity index (χ0v) is 23.5. The molecule has 0 spiro atoms. The number of sulfone groups is 1. The monoisotopic (exact) mass is 582 g/mol. The van der Waals surface area contributed by atoms with E-state index >= 15 is 0 Å². The van der Waals surface area contributed by atoms with Crippen LogP contribution in [0.2, 0.25) is 0 Å². The molecule has 1 aliphatic heterocycles. The first-order valence-electron chi connectivity index (χ1n) is 12.5. The molecule has 0 bridgehead atoms. The molecule has 1 aromatic heterocycles. The van der Waals surface area contributed by atoms with E-state index in [4.69, 9.17) is 18.6 Å². The van der Waals surface area contributed by atoms with Crippen LogP contribution < -0.4 is 20.1 Å². The van der Waals surface area contributed by atoms with Crippen molar-refractivity contribution in [1.29, 1.82) is 0 Å². The molecule has 0 unspecified atom stereocenters. The molecule has 0 fully saturated rings. The number of hydrogen-bond donors (Lipinski definition) is 2. The number of nitrogens with one attached hydrogen (secondary N) is 2. The third kappa shape index (κ3) is 5.97. The fourth-order valence-corrected chi connectivity index (χ4v) is 4.80. The number of halogens is 1. The Balaban J connectivity index is 1.56. The second kappa shape index (κ2) is 10.4. The van der Waals surface area contributed by atoms with E-state index in [1.54, 1.807) is 38.1 Å². The minimum atomic E-state index is -3.42. The number of rotatable bonds is 8. The second-order valence-corrected chi connectivity index (χ2v) is 12.1. The van der Waals surface area contributed by atoms with E-state index in [-0.39, 0.29) is 40.7 Å². The highest BCUT2D eigenvalue weighted by Crippen LogP contribution is 2.40. The molecule has 0 radical (unpaired) electrons. The molecule has 4 aromatic rings.